The molecule has 26 heavy (non-hydrogen) atoms. The molecule has 0 radical (unpaired) electrons. The minimum Gasteiger partial charge on any atom is -0.372 e. The molecule has 5 nitrogen and oxygen atoms in total. The van der Waals surface area contributed by atoms with E-state index in [-0.39, 0.29) is 10.6 Å². The molecule has 0 aliphatic heterocycles. The first-order chi connectivity index (χ1) is 12.4. The van der Waals surface area contributed by atoms with Crippen LogP contribution in [0.4, 0.5) is 11.4 Å². The SMILES string of the molecule is Cc1ccc(-c2csc(/C=C/c3ccc(N(C)C)c([N+](=O)[O-])c3)n2)cc1. The molecular formula is C20H19N3O2S. The number of hydrogen-bond acceptors (Lipinski definition) is 5. The fourth-order valence-electron chi connectivity index (χ4n) is 2.56. The van der Waals surface area contributed by atoms with Crippen LogP contribution < -0.4 is 4.90 Å². The highest BCUT2D eigenvalue weighted by atomic mass is 32.1. The maximum Gasteiger partial charge on any atom is 0.293 e. The van der Waals surface area contributed by atoms with Crippen LogP contribution in [-0.2, 0) is 0 Å². The van der Waals surface area contributed by atoms with Gasteiger partial charge in [0.2, 0.25) is 0 Å². The summed E-state index contributed by atoms with van der Waals surface area (Å²) in [6.45, 7) is 2.06. The minimum atomic E-state index is -0.356. The van der Waals surface area contributed by atoms with Gasteiger partial charge in [0.05, 0.1) is 10.6 Å². The van der Waals surface area contributed by atoms with Crippen LogP contribution in [0.5, 0.6) is 0 Å². The van der Waals surface area contributed by atoms with Gasteiger partial charge in [0, 0.05) is 31.1 Å². The molecule has 0 saturated heterocycles. The van der Waals surface area contributed by atoms with E-state index in [9.17, 15) is 10.1 Å². The van der Waals surface area contributed by atoms with E-state index in [2.05, 4.69) is 36.2 Å². The standard InChI is InChI=1S/C20H19N3O2S/c1-14-4-8-16(9-5-14)17-13-26-20(21-17)11-7-15-6-10-18(22(2)3)19(12-15)23(24)25/h4-13H,1-3H3/b11-7+. The Labute approximate surface area is 156 Å². The van der Waals surface area contributed by atoms with Crippen molar-refractivity contribution in [1.82, 2.24) is 4.98 Å². The topological polar surface area (TPSA) is 59.3 Å². The number of rotatable bonds is 5. The zero-order chi connectivity index (χ0) is 18.7. The van der Waals surface area contributed by atoms with Gasteiger partial charge in [-0.15, -0.1) is 11.3 Å². The Morgan fingerprint density at radius 1 is 1.12 bits per heavy atom. The first-order valence-corrected chi connectivity index (χ1v) is 8.98. The normalized spacial score (nSPS) is 11.0. The largest absolute Gasteiger partial charge is 0.372 e. The molecule has 132 valence electrons. The molecule has 0 spiro atoms. The Hall–Kier alpha value is -2.99. The summed E-state index contributed by atoms with van der Waals surface area (Å²) in [5.41, 5.74) is 4.68. The van der Waals surface area contributed by atoms with E-state index in [4.69, 9.17) is 0 Å². The number of aromatic nitrogens is 1. The molecule has 0 amide bonds. The molecule has 3 rings (SSSR count). The molecule has 3 aromatic rings. The Bertz CT molecular complexity index is 959. The van der Waals surface area contributed by atoms with Gasteiger partial charge in [-0.25, -0.2) is 4.98 Å². The second-order valence-electron chi connectivity index (χ2n) is 6.17. The summed E-state index contributed by atoms with van der Waals surface area (Å²) in [7, 11) is 3.58. The number of thiazole rings is 1. The zero-order valence-corrected chi connectivity index (χ0v) is 15.7. The zero-order valence-electron chi connectivity index (χ0n) is 14.8. The van der Waals surface area contributed by atoms with Gasteiger partial charge in [0.15, 0.2) is 0 Å². The van der Waals surface area contributed by atoms with Gasteiger partial charge >= 0.3 is 0 Å². The van der Waals surface area contributed by atoms with E-state index in [1.165, 1.54) is 5.56 Å². The van der Waals surface area contributed by atoms with Crippen LogP contribution in [0, 0.1) is 17.0 Å². The summed E-state index contributed by atoms with van der Waals surface area (Å²) in [5, 5.41) is 14.2. The number of nitro groups is 1. The molecule has 1 heterocycles. The lowest BCUT2D eigenvalue weighted by molar-refractivity contribution is -0.384. The highest BCUT2D eigenvalue weighted by molar-refractivity contribution is 7.10. The molecule has 2 aromatic carbocycles. The lowest BCUT2D eigenvalue weighted by Gasteiger charge is -2.12. The first-order valence-electron chi connectivity index (χ1n) is 8.10. The van der Waals surface area contributed by atoms with E-state index in [0.717, 1.165) is 21.8 Å². The molecule has 1 aromatic heterocycles. The molecule has 6 heteroatoms. The van der Waals surface area contributed by atoms with Crippen molar-refractivity contribution in [2.75, 3.05) is 19.0 Å². The van der Waals surface area contributed by atoms with Crippen LogP contribution in [0.15, 0.2) is 47.8 Å². The number of nitrogens with zero attached hydrogens (tertiary/aromatic N) is 3. The third kappa shape index (κ3) is 3.97. The average molecular weight is 365 g/mol. The van der Waals surface area contributed by atoms with Crippen molar-refractivity contribution in [3.8, 4) is 11.3 Å². The van der Waals surface area contributed by atoms with Gasteiger partial charge in [-0.3, -0.25) is 10.1 Å². The van der Waals surface area contributed by atoms with Crippen molar-refractivity contribution < 1.29 is 4.92 Å². The third-order valence-electron chi connectivity index (χ3n) is 3.97. The van der Waals surface area contributed by atoms with Crippen molar-refractivity contribution in [1.29, 1.82) is 0 Å². The van der Waals surface area contributed by atoms with Crippen LogP contribution in [0.25, 0.3) is 23.4 Å². The maximum atomic E-state index is 11.3. The fourth-order valence-corrected chi connectivity index (χ4v) is 3.28. The van der Waals surface area contributed by atoms with Gasteiger partial charge in [-0.2, -0.15) is 0 Å². The van der Waals surface area contributed by atoms with Crippen LogP contribution in [0.2, 0.25) is 0 Å². The highest BCUT2D eigenvalue weighted by Gasteiger charge is 2.15. The Morgan fingerprint density at radius 2 is 1.85 bits per heavy atom. The van der Waals surface area contributed by atoms with Crippen molar-refractivity contribution in [3.05, 3.63) is 74.1 Å². The van der Waals surface area contributed by atoms with Gasteiger partial charge in [-0.1, -0.05) is 42.0 Å². The predicted molar refractivity (Wildman–Crippen MR) is 109 cm³/mol. The molecular weight excluding hydrogens is 346 g/mol. The predicted octanol–water partition coefficient (Wildman–Crippen LogP) is 5.26. The molecule has 0 atom stereocenters. The van der Waals surface area contributed by atoms with Crippen molar-refractivity contribution in [3.63, 3.8) is 0 Å². The molecule has 0 N–H and O–H groups in total. The fraction of sp³-hybridized carbons (Fsp3) is 0.150. The summed E-state index contributed by atoms with van der Waals surface area (Å²) in [6.07, 6.45) is 3.74. The van der Waals surface area contributed by atoms with Crippen LogP contribution in [-0.4, -0.2) is 24.0 Å². The van der Waals surface area contributed by atoms with Crippen molar-refractivity contribution >= 4 is 34.9 Å². The summed E-state index contributed by atoms with van der Waals surface area (Å²) < 4.78 is 0. The van der Waals surface area contributed by atoms with Gasteiger partial charge in [0.25, 0.3) is 5.69 Å². The minimum absolute atomic E-state index is 0.0941. The summed E-state index contributed by atoms with van der Waals surface area (Å²) in [5.74, 6) is 0. The second kappa shape index (κ2) is 7.49. The van der Waals surface area contributed by atoms with E-state index >= 15 is 0 Å². The summed E-state index contributed by atoms with van der Waals surface area (Å²) in [6, 6.07) is 13.5. The van der Waals surface area contributed by atoms with E-state index in [0.29, 0.717) is 5.69 Å². The van der Waals surface area contributed by atoms with Gasteiger partial charge in [0.1, 0.15) is 10.7 Å². The Balaban J connectivity index is 1.83. The number of nitro benzene ring substituents is 1. The molecule has 0 fully saturated rings. The summed E-state index contributed by atoms with van der Waals surface area (Å²) >= 11 is 1.55. The average Bonchev–Trinajstić information content (AvgIpc) is 3.09. The number of aryl methyl sites for hydroxylation is 1. The van der Waals surface area contributed by atoms with Crippen molar-refractivity contribution in [2.45, 2.75) is 6.92 Å². The highest BCUT2D eigenvalue weighted by Crippen LogP contribution is 2.29. The molecule has 0 unspecified atom stereocenters. The van der Waals surface area contributed by atoms with Crippen LogP contribution in [0.1, 0.15) is 16.1 Å². The quantitative estimate of drug-likeness (QED) is 0.457. The Morgan fingerprint density at radius 3 is 2.50 bits per heavy atom. The summed E-state index contributed by atoms with van der Waals surface area (Å²) in [4.78, 5) is 17.3. The van der Waals surface area contributed by atoms with E-state index in [1.807, 2.05) is 23.6 Å². The number of anilines is 1. The molecule has 0 saturated carbocycles. The smallest absolute Gasteiger partial charge is 0.293 e. The lowest BCUT2D eigenvalue weighted by Crippen LogP contribution is -2.10. The van der Waals surface area contributed by atoms with Crippen LogP contribution in [0.3, 0.4) is 0 Å². The molecule has 0 aliphatic carbocycles. The van der Waals surface area contributed by atoms with Crippen LogP contribution >= 0.6 is 11.3 Å². The Kier molecular flexibility index (Phi) is 5.14. The van der Waals surface area contributed by atoms with Gasteiger partial charge in [-0.05, 0) is 24.6 Å². The number of hydrogen-bond donors (Lipinski definition) is 0. The maximum absolute atomic E-state index is 11.3. The monoisotopic (exact) mass is 365 g/mol. The van der Waals surface area contributed by atoms with Crippen molar-refractivity contribution in [2.24, 2.45) is 0 Å². The molecule has 0 bridgehead atoms. The lowest BCUT2D eigenvalue weighted by atomic mass is 10.1. The second-order valence-corrected chi connectivity index (χ2v) is 7.06. The number of benzene rings is 2. The third-order valence-corrected chi connectivity index (χ3v) is 4.78. The van der Waals surface area contributed by atoms with Gasteiger partial charge < -0.3 is 4.90 Å². The van der Waals surface area contributed by atoms with E-state index in [1.54, 1.807) is 42.5 Å². The first kappa shape index (κ1) is 17.8. The van der Waals surface area contributed by atoms with E-state index < -0.39 is 0 Å². The molecule has 0 aliphatic rings.